The fraction of sp³-hybridized carbons (Fsp3) is 0.348. The summed E-state index contributed by atoms with van der Waals surface area (Å²) in [6.45, 7) is 7.07. The number of para-hydroxylation sites is 1. The minimum Gasteiger partial charge on any atom is -0.372 e. The number of hydrogen-bond acceptors (Lipinski definition) is 5. The van der Waals surface area contributed by atoms with Crippen LogP contribution in [-0.2, 0) is 5.41 Å². The van der Waals surface area contributed by atoms with Crippen molar-refractivity contribution in [3.8, 4) is 11.5 Å². The summed E-state index contributed by atoms with van der Waals surface area (Å²) in [6.07, 6.45) is 0.674. The topological polar surface area (TPSA) is 71.3 Å². The Morgan fingerprint density at radius 1 is 1.13 bits per heavy atom. The number of benzene rings is 2. The highest BCUT2D eigenvalue weighted by Crippen LogP contribution is 2.26. The van der Waals surface area contributed by atoms with Crippen LogP contribution in [0.2, 0.25) is 0 Å². The van der Waals surface area contributed by atoms with Crippen LogP contribution in [0.15, 0.2) is 53.1 Å². The zero-order valence-electron chi connectivity index (χ0n) is 17.8. The Hall–Kier alpha value is -3.22. The van der Waals surface area contributed by atoms with Crippen molar-refractivity contribution in [1.82, 2.24) is 15.5 Å². The Morgan fingerprint density at radius 2 is 1.83 bits per heavy atom. The van der Waals surface area contributed by atoms with E-state index in [1.165, 1.54) is 6.07 Å². The molecule has 1 amide bonds. The van der Waals surface area contributed by atoms with E-state index < -0.39 is 0 Å². The minimum atomic E-state index is -0.257. The number of aromatic nitrogens is 2. The van der Waals surface area contributed by atoms with Gasteiger partial charge in [-0.3, -0.25) is 4.79 Å². The van der Waals surface area contributed by atoms with Crippen LogP contribution in [-0.4, -0.2) is 36.2 Å². The molecule has 7 heteroatoms. The van der Waals surface area contributed by atoms with Gasteiger partial charge in [0.05, 0.1) is 16.8 Å². The summed E-state index contributed by atoms with van der Waals surface area (Å²) in [5, 5.41) is 6.96. The first-order chi connectivity index (χ1) is 14.3. The van der Waals surface area contributed by atoms with Crippen molar-refractivity contribution in [2.24, 2.45) is 0 Å². The van der Waals surface area contributed by atoms with Gasteiger partial charge in [0.2, 0.25) is 0 Å². The highest BCUT2D eigenvalue weighted by Gasteiger charge is 2.23. The molecule has 1 heterocycles. The van der Waals surface area contributed by atoms with Crippen LogP contribution in [0.1, 0.15) is 43.4 Å². The molecule has 30 heavy (non-hydrogen) atoms. The summed E-state index contributed by atoms with van der Waals surface area (Å²) in [7, 11) is 1.83. The summed E-state index contributed by atoms with van der Waals surface area (Å²) < 4.78 is 19.3. The average molecular weight is 410 g/mol. The second-order valence-electron chi connectivity index (χ2n) is 8.20. The Kier molecular flexibility index (Phi) is 6.50. The Labute approximate surface area is 176 Å². The maximum Gasteiger partial charge on any atom is 0.258 e. The number of amides is 1. The van der Waals surface area contributed by atoms with Crippen molar-refractivity contribution in [2.75, 3.05) is 25.0 Å². The van der Waals surface area contributed by atoms with Crippen LogP contribution in [0.4, 0.5) is 10.1 Å². The number of nitrogens with zero attached hydrogens (tertiary/aromatic N) is 3. The van der Waals surface area contributed by atoms with Crippen LogP contribution < -0.4 is 10.2 Å². The number of anilines is 1. The smallest absolute Gasteiger partial charge is 0.258 e. The van der Waals surface area contributed by atoms with Gasteiger partial charge in [-0.2, -0.15) is 4.98 Å². The second-order valence-corrected chi connectivity index (χ2v) is 8.20. The number of carbonyl (C=O) groups excluding carboxylic acids is 1. The van der Waals surface area contributed by atoms with E-state index in [9.17, 15) is 9.18 Å². The van der Waals surface area contributed by atoms with Crippen LogP contribution in [0.3, 0.4) is 0 Å². The molecular weight excluding hydrogens is 383 g/mol. The lowest BCUT2D eigenvalue weighted by Crippen LogP contribution is -2.28. The number of halogens is 1. The highest BCUT2D eigenvalue weighted by atomic mass is 19.1. The van der Waals surface area contributed by atoms with Crippen molar-refractivity contribution in [3.63, 3.8) is 0 Å². The third kappa shape index (κ3) is 5.03. The molecule has 0 spiro atoms. The first-order valence-electron chi connectivity index (χ1n) is 9.95. The van der Waals surface area contributed by atoms with Crippen molar-refractivity contribution < 1.29 is 13.7 Å². The molecule has 0 aliphatic rings. The molecule has 0 fully saturated rings. The molecule has 3 rings (SSSR count). The SMILES string of the molecule is CN(CCCNC(=O)c1ccccc1-c1nc(C(C)(C)C)no1)c1ccccc1F. The van der Waals surface area contributed by atoms with Crippen molar-refractivity contribution >= 4 is 11.6 Å². The molecule has 0 aliphatic heterocycles. The predicted molar refractivity (Wildman–Crippen MR) is 115 cm³/mol. The average Bonchev–Trinajstić information content (AvgIpc) is 3.22. The zero-order valence-corrected chi connectivity index (χ0v) is 17.8. The van der Waals surface area contributed by atoms with Gasteiger partial charge in [0.15, 0.2) is 5.82 Å². The molecule has 0 saturated carbocycles. The Morgan fingerprint density at radius 3 is 2.53 bits per heavy atom. The van der Waals surface area contributed by atoms with E-state index in [1.54, 1.807) is 36.4 Å². The Balaban J connectivity index is 1.61. The van der Waals surface area contributed by atoms with E-state index in [4.69, 9.17) is 4.52 Å². The summed E-state index contributed by atoms with van der Waals surface area (Å²) in [6, 6.07) is 13.8. The summed E-state index contributed by atoms with van der Waals surface area (Å²) in [4.78, 5) is 19.0. The van der Waals surface area contributed by atoms with Crippen LogP contribution >= 0.6 is 0 Å². The molecule has 0 saturated heterocycles. The maximum absolute atomic E-state index is 13.8. The second kappa shape index (κ2) is 9.07. The lowest BCUT2D eigenvalue weighted by Gasteiger charge is -2.19. The lowest BCUT2D eigenvalue weighted by atomic mass is 9.96. The van der Waals surface area contributed by atoms with Gasteiger partial charge in [0.1, 0.15) is 5.82 Å². The third-order valence-corrected chi connectivity index (χ3v) is 4.72. The summed E-state index contributed by atoms with van der Waals surface area (Å²) in [5.74, 6) is 0.440. The molecular formula is C23H27FN4O2. The molecule has 0 radical (unpaired) electrons. The predicted octanol–water partition coefficient (Wildman–Crippen LogP) is 4.43. The molecule has 0 unspecified atom stereocenters. The first-order valence-corrected chi connectivity index (χ1v) is 9.95. The van der Waals surface area contributed by atoms with Gasteiger partial charge < -0.3 is 14.7 Å². The normalized spacial score (nSPS) is 11.4. The molecule has 3 aromatic rings. The molecule has 0 bridgehead atoms. The van der Waals surface area contributed by atoms with Gasteiger partial charge in [0, 0.05) is 25.6 Å². The van der Waals surface area contributed by atoms with Gasteiger partial charge in [-0.1, -0.05) is 50.2 Å². The molecule has 2 aromatic carbocycles. The largest absolute Gasteiger partial charge is 0.372 e. The summed E-state index contributed by atoms with van der Waals surface area (Å²) >= 11 is 0. The van der Waals surface area contributed by atoms with Crippen LogP contribution in [0.5, 0.6) is 0 Å². The first kappa shape index (κ1) is 21.5. The molecule has 0 atom stereocenters. The minimum absolute atomic E-state index is 0.213. The molecule has 158 valence electrons. The maximum atomic E-state index is 13.8. The van der Waals surface area contributed by atoms with Gasteiger partial charge >= 0.3 is 0 Å². The van der Waals surface area contributed by atoms with E-state index in [-0.39, 0.29) is 17.1 Å². The Bertz CT molecular complexity index is 1010. The van der Waals surface area contributed by atoms with Crippen LogP contribution in [0, 0.1) is 5.82 Å². The van der Waals surface area contributed by atoms with Gasteiger partial charge in [0.25, 0.3) is 11.8 Å². The van der Waals surface area contributed by atoms with E-state index in [2.05, 4.69) is 15.5 Å². The van der Waals surface area contributed by atoms with Gasteiger partial charge in [-0.25, -0.2) is 4.39 Å². The molecule has 0 aliphatic carbocycles. The molecule has 1 aromatic heterocycles. The van der Waals surface area contributed by atoms with Gasteiger partial charge in [-0.15, -0.1) is 0 Å². The summed E-state index contributed by atoms with van der Waals surface area (Å²) in [5.41, 5.74) is 1.37. The monoisotopic (exact) mass is 410 g/mol. The number of nitrogens with one attached hydrogen (secondary N) is 1. The van der Waals surface area contributed by atoms with Crippen molar-refractivity contribution in [1.29, 1.82) is 0 Å². The van der Waals surface area contributed by atoms with E-state index in [0.29, 0.717) is 48.0 Å². The molecule has 6 nitrogen and oxygen atoms in total. The zero-order chi connectivity index (χ0) is 21.7. The van der Waals surface area contributed by atoms with Crippen molar-refractivity contribution in [3.05, 3.63) is 65.7 Å². The standard InChI is InChI=1S/C23H27FN4O2/c1-23(2,3)22-26-21(30-27-22)17-11-6-5-10-16(17)20(29)25-14-9-15-28(4)19-13-8-7-12-18(19)24/h5-8,10-13H,9,14-15H2,1-4H3,(H,25,29). The third-order valence-electron chi connectivity index (χ3n) is 4.72. The van der Waals surface area contributed by atoms with Gasteiger partial charge in [-0.05, 0) is 30.7 Å². The fourth-order valence-corrected chi connectivity index (χ4v) is 3.00. The molecule has 1 N–H and O–H groups in total. The highest BCUT2D eigenvalue weighted by molar-refractivity contribution is 5.99. The van der Waals surface area contributed by atoms with E-state index >= 15 is 0 Å². The number of hydrogen-bond donors (Lipinski definition) is 1. The van der Waals surface area contributed by atoms with Crippen molar-refractivity contribution in [2.45, 2.75) is 32.6 Å². The van der Waals surface area contributed by atoms with E-state index in [0.717, 1.165) is 0 Å². The fourth-order valence-electron chi connectivity index (χ4n) is 3.00. The quantitative estimate of drug-likeness (QED) is 0.584. The lowest BCUT2D eigenvalue weighted by molar-refractivity contribution is 0.0953. The van der Waals surface area contributed by atoms with Crippen LogP contribution in [0.25, 0.3) is 11.5 Å². The number of carbonyl (C=O) groups is 1. The van der Waals surface area contributed by atoms with E-state index in [1.807, 2.05) is 38.8 Å². The number of rotatable bonds is 7.